The molecule has 0 saturated carbocycles. The molecule has 0 spiro atoms. The van der Waals surface area contributed by atoms with E-state index in [2.05, 4.69) is 135 Å². The summed E-state index contributed by atoms with van der Waals surface area (Å²) < 4.78 is 12.1. The molecule has 70 heavy (non-hydrogen) atoms. The topological polar surface area (TPSA) is 112 Å². The van der Waals surface area contributed by atoms with Crippen molar-refractivity contribution in [2.45, 2.75) is 186 Å². The predicted molar refractivity (Wildman–Crippen MR) is 298 cm³/mol. The number of benzene rings is 1. The molecule has 11 nitrogen and oxygen atoms in total. The first kappa shape index (κ1) is 62.0. The molecule has 1 aromatic carbocycles. The van der Waals surface area contributed by atoms with Gasteiger partial charge in [-0.15, -0.1) is 11.3 Å². The summed E-state index contributed by atoms with van der Waals surface area (Å²) in [4.78, 5) is 41.2. The molecule has 6 rings (SSSR count). The van der Waals surface area contributed by atoms with Crippen LogP contribution < -0.4 is 15.0 Å². The highest BCUT2D eigenvalue weighted by atomic mass is 32.1. The van der Waals surface area contributed by atoms with Crippen molar-refractivity contribution in [2.75, 3.05) is 50.8 Å². The van der Waals surface area contributed by atoms with Gasteiger partial charge in [0.1, 0.15) is 19.5 Å². The smallest absolute Gasteiger partial charge is 0.215 e. The minimum atomic E-state index is 0.493. The largest absolute Gasteiger partial charge is 0.476 e. The van der Waals surface area contributed by atoms with Crippen LogP contribution in [0.1, 0.15) is 165 Å². The third-order valence-electron chi connectivity index (χ3n) is 13.6. The van der Waals surface area contributed by atoms with Crippen molar-refractivity contribution in [3.8, 4) is 16.3 Å². The fraction of sp³-hybridized carbons (Fsp3) is 0.672. The number of hydrogen-bond acceptors (Lipinski definition) is 11. The van der Waals surface area contributed by atoms with E-state index in [-0.39, 0.29) is 0 Å². The minimum Gasteiger partial charge on any atom is -0.476 e. The maximum atomic E-state index is 10.2. The number of allylic oxidation sites excluding steroid dienone is 1. The van der Waals surface area contributed by atoms with Gasteiger partial charge in [-0.05, 0) is 81.4 Å². The van der Waals surface area contributed by atoms with E-state index in [1.165, 1.54) is 93.0 Å². The van der Waals surface area contributed by atoms with Gasteiger partial charge in [-0.1, -0.05) is 139 Å². The van der Waals surface area contributed by atoms with Crippen molar-refractivity contribution in [3.05, 3.63) is 71.1 Å². The van der Waals surface area contributed by atoms with E-state index in [0.717, 1.165) is 73.9 Å². The number of carbonyl (C=O) groups is 2. The van der Waals surface area contributed by atoms with Crippen LogP contribution in [0.15, 0.2) is 64.9 Å². The highest BCUT2D eigenvalue weighted by molar-refractivity contribution is 7.13. The Balaban J connectivity index is 0.000000455. The number of nitrogens with zero attached hydrogens (tertiary/aromatic N) is 6. The molecule has 2 fully saturated rings. The van der Waals surface area contributed by atoms with Crippen LogP contribution in [0.5, 0.6) is 5.88 Å². The standard InChI is InChI=1S/C33H55N5O2.C12H12N2OS.C9H20.C2H4O.C2H6/c1-8-25(5)20-29-11-10-28(9-2)38(29)30-12-13-34-32(21-30)39-19-17-37-15-14-36(23-26(37)6)16-18-40-33-22-31(35-33)27(7)24(3)4;1-9-12(16-8-14-9)11-4-2-10(3-5-11)6-13-7-15;1-4-5-6-7-8-9(2)3;1-2-3;1-2/h12-13,21-22,24-29H,8-11,14-20,23H2,1-7H3;2-5,7-8H,6H2,1H3,(H,13,15);9H,4-8H2,1-3H3;2H,1H3;1-2H3. The Kier molecular flexibility index (Phi) is 31.8. The average Bonchev–Trinajstić information content (AvgIpc) is 3.97. The summed E-state index contributed by atoms with van der Waals surface area (Å²) >= 11 is 1.64. The number of unbranched alkanes of at least 4 members (excludes halogenated alkanes) is 3. The van der Waals surface area contributed by atoms with Crippen LogP contribution in [0.4, 0.5) is 5.69 Å². The number of piperazine rings is 1. The second-order valence-corrected chi connectivity index (χ2v) is 20.5. The maximum Gasteiger partial charge on any atom is 0.215 e. The van der Waals surface area contributed by atoms with E-state index < -0.39 is 0 Å². The Bertz CT molecular complexity index is 1900. The van der Waals surface area contributed by atoms with E-state index in [0.29, 0.717) is 56.1 Å². The number of amides is 1. The zero-order chi connectivity index (χ0) is 51.8. The lowest BCUT2D eigenvalue weighted by atomic mass is 9.93. The van der Waals surface area contributed by atoms with Crippen LogP contribution in [0.25, 0.3) is 10.4 Å². The third-order valence-corrected chi connectivity index (χ3v) is 14.6. The van der Waals surface area contributed by atoms with E-state index in [9.17, 15) is 4.79 Å². The van der Waals surface area contributed by atoms with Gasteiger partial charge in [-0.3, -0.25) is 14.6 Å². The van der Waals surface area contributed by atoms with E-state index in [1.807, 2.05) is 44.6 Å². The molecule has 5 unspecified atom stereocenters. The molecule has 3 aliphatic heterocycles. The van der Waals surface area contributed by atoms with Gasteiger partial charge in [0.05, 0.1) is 21.8 Å². The van der Waals surface area contributed by atoms with Gasteiger partial charge in [0.15, 0.2) is 0 Å². The van der Waals surface area contributed by atoms with Gasteiger partial charge in [0, 0.05) is 87.3 Å². The fourth-order valence-corrected chi connectivity index (χ4v) is 9.64. The summed E-state index contributed by atoms with van der Waals surface area (Å²) in [6.07, 6.45) is 18.9. The Morgan fingerprint density at radius 2 is 1.57 bits per heavy atom. The zero-order valence-electron chi connectivity index (χ0n) is 46.3. The highest BCUT2D eigenvalue weighted by Crippen LogP contribution is 2.36. The van der Waals surface area contributed by atoms with Gasteiger partial charge >= 0.3 is 0 Å². The van der Waals surface area contributed by atoms with Crippen LogP contribution in [0.2, 0.25) is 0 Å². The summed E-state index contributed by atoms with van der Waals surface area (Å²) in [5, 5.41) is 2.64. The van der Waals surface area contributed by atoms with Crippen molar-refractivity contribution < 1.29 is 19.1 Å². The average molecular weight is 989 g/mol. The highest BCUT2D eigenvalue weighted by Gasteiger charge is 2.33. The lowest BCUT2D eigenvalue weighted by Crippen LogP contribution is -2.53. The first-order valence-corrected chi connectivity index (χ1v) is 28.0. The van der Waals surface area contributed by atoms with Crippen molar-refractivity contribution in [1.82, 2.24) is 25.1 Å². The molecule has 3 aliphatic rings. The number of aromatic nitrogens is 2. The number of carbonyl (C=O) groups excluding carboxylic acids is 2. The summed E-state index contributed by atoms with van der Waals surface area (Å²) in [6, 6.07) is 14.2. The van der Waals surface area contributed by atoms with Gasteiger partial charge in [0.25, 0.3) is 0 Å². The summed E-state index contributed by atoms with van der Waals surface area (Å²) in [7, 11) is 0. The first-order valence-electron chi connectivity index (χ1n) is 27.1. The van der Waals surface area contributed by atoms with Crippen LogP contribution in [0.3, 0.4) is 0 Å². The normalized spacial score (nSPS) is 18.5. The molecule has 5 heterocycles. The van der Waals surface area contributed by atoms with Crippen molar-refractivity contribution in [1.29, 1.82) is 0 Å². The van der Waals surface area contributed by atoms with Crippen LogP contribution >= 0.6 is 11.3 Å². The van der Waals surface area contributed by atoms with Crippen molar-refractivity contribution in [2.24, 2.45) is 28.7 Å². The van der Waals surface area contributed by atoms with E-state index in [1.54, 1.807) is 11.3 Å². The molecular formula is C58H97N7O4S. The first-order chi connectivity index (χ1) is 33.8. The molecule has 0 bridgehead atoms. The van der Waals surface area contributed by atoms with Crippen LogP contribution in [-0.2, 0) is 20.9 Å². The van der Waals surface area contributed by atoms with Gasteiger partial charge in [-0.25, -0.2) is 15.0 Å². The number of rotatable bonds is 23. The quantitative estimate of drug-likeness (QED) is 0.0733. The van der Waals surface area contributed by atoms with Gasteiger partial charge < -0.3 is 24.5 Å². The number of aliphatic imine (C=N–C) groups is 1. The van der Waals surface area contributed by atoms with Gasteiger partial charge in [0.2, 0.25) is 18.2 Å². The number of thiazole rings is 1. The monoisotopic (exact) mass is 988 g/mol. The summed E-state index contributed by atoms with van der Waals surface area (Å²) in [5.41, 5.74) is 7.63. The van der Waals surface area contributed by atoms with E-state index >= 15 is 0 Å². The van der Waals surface area contributed by atoms with E-state index in [4.69, 9.17) is 14.3 Å². The molecular weight excluding hydrogens is 891 g/mol. The molecule has 2 aromatic heterocycles. The van der Waals surface area contributed by atoms with Gasteiger partial charge in [-0.2, -0.15) is 0 Å². The molecule has 1 amide bonds. The summed E-state index contributed by atoms with van der Waals surface area (Å²) in [5.74, 6) is 4.32. The second kappa shape index (κ2) is 35.9. The van der Waals surface area contributed by atoms with Crippen molar-refractivity contribution >= 4 is 35.6 Å². The Morgan fingerprint density at radius 1 is 0.886 bits per heavy atom. The van der Waals surface area contributed by atoms with Crippen LogP contribution in [0, 0.1) is 30.6 Å². The van der Waals surface area contributed by atoms with Crippen LogP contribution in [-0.4, -0.2) is 102 Å². The third kappa shape index (κ3) is 22.5. The molecule has 2 saturated heterocycles. The molecule has 5 atom stereocenters. The molecule has 12 heteroatoms. The second-order valence-electron chi connectivity index (χ2n) is 19.7. The predicted octanol–water partition coefficient (Wildman–Crippen LogP) is 13.5. The number of aldehydes is 1. The molecule has 3 aromatic rings. The summed E-state index contributed by atoms with van der Waals surface area (Å²) in [6.45, 7) is 37.3. The number of nitrogens with one attached hydrogen (secondary N) is 1. The number of aryl methyl sites for hydroxylation is 1. The Morgan fingerprint density at radius 3 is 2.16 bits per heavy atom. The maximum absolute atomic E-state index is 10.2. The number of anilines is 1. The molecule has 0 aliphatic carbocycles. The molecule has 394 valence electrons. The minimum absolute atomic E-state index is 0.493. The Hall–Kier alpha value is -4.13. The SMILES string of the molecule is CC.CC=O.CCC(C)CC1CCC(CC)N1c1ccnc(OCCN2CCN(CCOC3=NC(C(C)C(C)C)=C3)CC2C)c1.CCCCCCC(C)C.Cc1ncsc1-c1ccc(CNC=O)cc1. The lowest BCUT2D eigenvalue weighted by Gasteiger charge is -2.39. The fourth-order valence-electron chi connectivity index (χ4n) is 8.83. The zero-order valence-corrected chi connectivity index (χ0v) is 47.2. The lowest BCUT2D eigenvalue weighted by molar-refractivity contribution is -0.109. The number of ether oxygens (including phenoxy) is 2. The number of hydrogen-bond donors (Lipinski definition) is 1. The van der Waals surface area contributed by atoms with Crippen molar-refractivity contribution in [3.63, 3.8) is 0 Å². The molecule has 0 radical (unpaired) electrons. The Labute approximate surface area is 430 Å². The number of pyridine rings is 1. The molecule has 1 N–H and O–H groups in total.